The summed E-state index contributed by atoms with van der Waals surface area (Å²) in [5, 5.41) is 0. The molecule has 0 saturated carbocycles. The van der Waals surface area contributed by atoms with Gasteiger partial charge in [0.25, 0.3) is 0 Å². The van der Waals surface area contributed by atoms with Gasteiger partial charge in [0.2, 0.25) is 0 Å². The van der Waals surface area contributed by atoms with Crippen LogP contribution in [0.4, 0.5) is 0 Å². The molecule has 0 radical (unpaired) electrons. The molecular weight excluding hydrogens is 248 g/mol. The highest BCUT2D eigenvalue weighted by Gasteiger charge is 2.25. The van der Waals surface area contributed by atoms with Gasteiger partial charge in [0.1, 0.15) is 0 Å². The second-order valence-electron chi connectivity index (χ2n) is 6.50. The average molecular weight is 276 g/mol. The molecule has 20 heavy (non-hydrogen) atoms. The molecule has 3 heteroatoms. The summed E-state index contributed by atoms with van der Waals surface area (Å²) < 4.78 is 6.01. The van der Waals surface area contributed by atoms with Crippen LogP contribution in [0.3, 0.4) is 0 Å². The normalized spacial score (nSPS) is 19.1. The molecule has 0 fully saturated rings. The lowest BCUT2D eigenvalue weighted by Gasteiger charge is -2.35. The molecule has 1 aliphatic rings. The molecule has 0 aliphatic carbocycles. The first kappa shape index (κ1) is 15.5. The number of nitrogens with zero attached hydrogens (tertiary/aromatic N) is 1. The Hall–Kier alpha value is -0.900. The maximum atomic E-state index is 6.01. The van der Waals surface area contributed by atoms with E-state index in [0.717, 1.165) is 32.7 Å². The fraction of sp³-hybridized carbons (Fsp3) is 0.647. The number of hydrogen-bond acceptors (Lipinski definition) is 3. The molecule has 112 valence electrons. The third kappa shape index (κ3) is 3.81. The highest BCUT2D eigenvalue weighted by Crippen LogP contribution is 2.28. The molecule has 0 spiro atoms. The molecule has 1 atom stereocenters. The predicted molar refractivity (Wildman–Crippen MR) is 83.8 cm³/mol. The van der Waals surface area contributed by atoms with E-state index >= 15 is 0 Å². The Morgan fingerprint density at radius 1 is 1.35 bits per heavy atom. The Balaban J connectivity index is 2.05. The number of likely N-dealkylation sites (N-methyl/N-ethyl adjacent to an activating group) is 1. The predicted octanol–water partition coefficient (Wildman–Crippen LogP) is 2.61. The summed E-state index contributed by atoms with van der Waals surface area (Å²) in [7, 11) is 0. The zero-order valence-corrected chi connectivity index (χ0v) is 13.1. The minimum Gasteiger partial charge on any atom is -0.372 e. The molecule has 1 aliphatic heterocycles. The summed E-state index contributed by atoms with van der Waals surface area (Å²) in [6.45, 7) is 11.2. The Bertz CT molecular complexity index is 431. The van der Waals surface area contributed by atoms with Gasteiger partial charge in [-0.15, -0.1) is 0 Å². The van der Waals surface area contributed by atoms with Crippen LogP contribution in [0.1, 0.15) is 38.0 Å². The third-order valence-corrected chi connectivity index (χ3v) is 4.17. The van der Waals surface area contributed by atoms with E-state index in [4.69, 9.17) is 10.5 Å². The summed E-state index contributed by atoms with van der Waals surface area (Å²) in [6, 6.07) is 8.67. The number of ether oxygens (including phenoxy) is 1. The molecule has 1 aromatic rings. The summed E-state index contributed by atoms with van der Waals surface area (Å²) in [4.78, 5) is 2.46. The summed E-state index contributed by atoms with van der Waals surface area (Å²) in [6.07, 6.45) is 1.24. The van der Waals surface area contributed by atoms with E-state index in [9.17, 15) is 0 Å². The minimum absolute atomic E-state index is 0.157. The first-order valence-corrected chi connectivity index (χ1v) is 7.67. The maximum Gasteiger partial charge on any atom is 0.0954 e. The molecule has 1 unspecified atom stereocenters. The summed E-state index contributed by atoms with van der Waals surface area (Å²) in [5.74, 6) is 0. The van der Waals surface area contributed by atoms with E-state index < -0.39 is 0 Å². The quantitative estimate of drug-likeness (QED) is 0.868. The van der Waals surface area contributed by atoms with Crippen molar-refractivity contribution < 1.29 is 4.74 Å². The van der Waals surface area contributed by atoms with E-state index in [1.54, 1.807) is 0 Å². The highest BCUT2D eigenvalue weighted by atomic mass is 16.5. The van der Waals surface area contributed by atoms with E-state index in [2.05, 4.69) is 49.9 Å². The van der Waals surface area contributed by atoms with Crippen molar-refractivity contribution in [1.82, 2.24) is 4.90 Å². The Kier molecular flexibility index (Phi) is 5.19. The van der Waals surface area contributed by atoms with E-state index in [1.165, 1.54) is 11.1 Å². The van der Waals surface area contributed by atoms with Crippen molar-refractivity contribution in [3.05, 3.63) is 35.4 Å². The Labute approximate surface area is 123 Å². The average Bonchev–Trinajstić information content (AvgIpc) is 2.46. The molecule has 0 bridgehead atoms. The van der Waals surface area contributed by atoms with Crippen molar-refractivity contribution >= 4 is 0 Å². The number of nitrogens with two attached hydrogens (primary N) is 1. The van der Waals surface area contributed by atoms with Gasteiger partial charge in [-0.3, -0.25) is 0 Å². The molecule has 2 rings (SSSR count). The second kappa shape index (κ2) is 6.70. The van der Waals surface area contributed by atoms with Crippen molar-refractivity contribution in [3.8, 4) is 0 Å². The van der Waals surface area contributed by atoms with Gasteiger partial charge >= 0.3 is 0 Å². The van der Waals surface area contributed by atoms with Crippen LogP contribution in [-0.2, 0) is 11.2 Å². The van der Waals surface area contributed by atoms with Gasteiger partial charge in [-0.2, -0.15) is 0 Å². The van der Waals surface area contributed by atoms with Gasteiger partial charge < -0.3 is 15.4 Å². The standard InChI is InChI=1S/C17H28N2O/c1-4-19(13-17(2,3)12-18)11-16-15-8-6-5-7-14(15)9-10-20-16/h5-8,16H,4,9-13,18H2,1-3H3. The number of benzene rings is 1. The van der Waals surface area contributed by atoms with Gasteiger partial charge in [0, 0.05) is 13.1 Å². The lowest BCUT2D eigenvalue weighted by molar-refractivity contribution is 0.0101. The molecule has 3 nitrogen and oxygen atoms in total. The van der Waals surface area contributed by atoms with Crippen molar-refractivity contribution in [2.75, 3.05) is 32.8 Å². The van der Waals surface area contributed by atoms with Crippen LogP contribution in [0.2, 0.25) is 0 Å². The molecule has 0 aromatic heterocycles. The largest absolute Gasteiger partial charge is 0.372 e. The van der Waals surface area contributed by atoms with Gasteiger partial charge in [0.15, 0.2) is 0 Å². The highest BCUT2D eigenvalue weighted by molar-refractivity contribution is 5.31. The SMILES string of the molecule is CCN(CC1OCCc2ccccc21)CC(C)(C)CN. The fourth-order valence-corrected chi connectivity index (χ4v) is 2.84. The van der Waals surface area contributed by atoms with Crippen LogP contribution in [0.25, 0.3) is 0 Å². The van der Waals surface area contributed by atoms with Crippen LogP contribution in [0.15, 0.2) is 24.3 Å². The van der Waals surface area contributed by atoms with Crippen molar-refractivity contribution in [1.29, 1.82) is 0 Å². The van der Waals surface area contributed by atoms with Crippen LogP contribution in [0.5, 0.6) is 0 Å². The molecule has 0 amide bonds. The van der Waals surface area contributed by atoms with Gasteiger partial charge in [-0.05, 0) is 36.1 Å². The molecule has 0 saturated heterocycles. The smallest absolute Gasteiger partial charge is 0.0954 e. The van der Waals surface area contributed by atoms with Gasteiger partial charge in [-0.25, -0.2) is 0 Å². The van der Waals surface area contributed by atoms with Gasteiger partial charge in [0.05, 0.1) is 12.7 Å². The van der Waals surface area contributed by atoms with Crippen molar-refractivity contribution in [2.45, 2.75) is 33.3 Å². The Morgan fingerprint density at radius 2 is 2.10 bits per heavy atom. The van der Waals surface area contributed by atoms with Crippen molar-refractivity contribution in [3.63, 3.8) is 0 Å². The zero-order chi connectivity index (χ0) is 14.6. The summed E-state index contributed by atoms with van der Waals surface area (Å²) >= 11 is 0. The third-order valence-electron chi connectivity index (χ3n) is 4.17. The van der Waals surface area contributed by atoms with Crippen LogP contribution < -0.4 is 5.73 Å². The van der Waals surface area contributed by atoms with E-state index in [-0.39, 0.29) is 11.5 Å². The minimum atomic E-state index is 0.157. The fourth-order valence-electron chi connectivity index (χ4n) is 2.84. The lowest BCUT2D eigenvalue weighted by atomic mass is 9.92. The maximum absolute atomic E-state index is 6.01. The van der Waals surface area contributed by atoms with Crippen LogP contribution in [-0.4, -0.2) is 37.7 Å². The monoisotopic (exact) mass is 276 g/mol. The molecule has 2 N–H and O–H groups in total. The summed E-state index contributed by atoms with van der Waals surface area (Å²) in [5.41, 5.74) is 8.82. The van der Waals surface area contributed by atoms with Crippen LogP contribution in [0, 0.1) is 5.41 Å². The number of rotatable bonds is 6. The molecule has 1 heterocycles. The van der Waals surface area contributed by atoms with Crippen molar-refractivity contribution in [2.24, 2.45) is 11.1 Å². The van der Waals surface area contributed by atoms with Gasteiger partial charge in [-0.1, -0.05) is 45.0 Å². The topological polar surface area (TPSA) is 38.5 Å². The lowest BCUT2D eigenvalue weighted by Crippen LogP contribution is -2.41. The molecular formula is C17H28N2O. The first-order valence-electron chi connectivity index (χ1n) is 7.67. The number of fused-ring (bicyclic) bond motifs is 1. The van der Waals surface area contributed by atoms with Crippen LogP contribution >= 0.6 is 0 Å². The number of hydrogen-bond donors (Lipinski definition) is 1. The zero-order valence-electron chi connectivity index (χ0n) is 13.1. The second-order valence-corrected chi connectivity index (χ2v) is 6.50. The van der Waals surface area contributed by atoms with E-state index in [0.29, 0.717) is 6.54 Å². The first-order chi connectivity index (χ1) is 9.55. The molecule has 1 aromatic carbocycles. The Morgan fingerprint density at radius 3 is 2.80 bits per heavy atom. The van der Waals surface area contributed by atoms with E-state index in [1.807, 2.05) is 0 Å².